The zero-order valence-electron chi connectivity index (χ0n) is 14.4. The van der Waals surface area contributed by atoms with Crippen LogP contribution in [0.2, 0.25) is 0 Å². The minimum atomic E-state index is 0.345. The molecule has 120 valence electrons. The molecule has 1 unspecified atom stereocenters. The van der Waals surface area contributed by atoms with Crippen LogP contribution in [0.3, 0.4) is 0 Å². The number of nitrogens with zero attached hydrogens (tertiary/aromatic N) is 1. The molecule has 20 heavy (non-hydrogen) atoms. The second-order valence-electron chi connectivity index (χ2n) is 6.70. The van der Waals surface area contributed by atoms with Crippen molar-refractivity contribution in [2.45, 2.75) is 71.4 Å². The van der Waals surface area contributed by atoms with E-state index in [1.165, 1.54) is 45.2 Å². The molecule has 0 spiro atoms. The third kappa shape index (κ3) is 5.01. The average Bonchev–Trinajstić information content (AvgIpc) is 2.46. The van der Waals surface area contributed by atoms with Crippen LogP contribution >= 0.6 is 0 Å². The van der Waals surface area contributed by atoms with Gasteiger partial charge < -0.3 is 10.1 Å². The van der Waals surface area contributed by atoms with E-state index in [4.69, 9.17) is 4.74 Å². The Hall–Kier alpha value is -0.120. The molecule has 0 radical (unpaired) electrons. The molecule has 1 saturated heterocycles. The number of piperazine rings is 1. The number of methoxy groups -OCH3 is 1. The van der Waals surface area contributed by atoms with Crippen molar-refractivity contribution in [1.29, 1.82) is 0 Å². The van der Waals surface area contributed by atoms with Crippen molar-refractivity contribution in [3.8, 4) is 0 Å². The lowest BCUT2D eigenvalue weighted by atomic mass is 9.86. The maximum Gasteiger partial charge on any atom is 0.0462 e. The number of ether oxygens (including phenoxy) is 1. The molecular weight excluding hydrogens is 248 g/mol. The third-order valence-corrected chi connectivity index (χ3v) is 5.08. The van der Waals surface area contributed by atoms with Gasteiger partial charge in [-0.2, -0.15) is 0 Å². The first-order valence-corrected chi connectivity index (χ1v) is 8.56. The van der Waals surface area contributed by atoms with Gasteiger partial charge in [-0.05, 0) is 44.6 Å². The minimum Gasteiger partial charge on any atom is -0.385 e. The van der Waals surface area contributed by atoms with E-state index in [-0.39, 0.29) is 0 Å². The van der Waals surface area contributed by atoms with Gasteiger partial charge in [0.15, 0.2) is 0 Å². The van der Waals surface area contributed by atoms with Crippen LogP contribution in [0.4, 0.5) is 0 Å². The third-order valence-electron chi connectivity index (χ3n) is 5.08. The van der Waals surface area contributed by atoms with Crippen LogP contribution in [0.5, 0.6) is 0 Å². The monoisotopic (exact) mass is 284 g/mol. The van der Waals surface area contributed by atoms with Gasteiger partial charge in [0.25, 0.3) is 0 Å². The number of unbranched alkanes of at least 4 members (excludes halogenated alkanes) is 2. The molecule has 1 N–H and O–H groups in total. The Balaban J connectivity index is 2.51. The fourth-order valence-electron chi connectivity index (χ4n) is 3.38. The molecule has 0 aromatic carbocycles. The standard InChI is InChI=1S/C17H36N2O/c1-6-17(7-2)14-19(11-9-8-10-12-20-5)16(13-18-17)15(3)4/h15-16,18H,6-14H2,1-5H3. The first kappa shape index (κ1) is 17.9. The van der Waals surface area contributed by atoms with Gasteiger partial charge in [-0.15, -0.1) is 0 Å². The van der Waals surface area contributed by atoms with Gasteiger partial charge in [-0.3, -0.25) is 4.90 Å². The lowest BCUT2D eigenvalue weighted by Crippen LogP contribution is -2.65. The normalized spacial score (nSPS) is 23.4. The molecule has 0 bridgehead atoms. The molecule has 0 saturated carbocycles. The highest BCUT2D eigenvalue weighted by atomic mass is 16.5. The molecule has 3 nitrogen and oxygen atoms in total. The Morgan fingerprint density at radius 3 is 2.45 bits per heavy atom. The van der Waals surface area contributed by atoms with Crippen LogP contribution in [-0.4, -0.2) is 49.8 Å². The molecule has 1 aliphatic heterocycles. The molecule has 3 heteroatoms. The predicted molar refractivity (Wildman–Crippen MR) is 87.2 cm³/mol. The number of rotatable bonds is 9. The molecule has 1 rings (SSSR count). The van der Waals surface area contributed by atoms with E-state index in [2.05, 4.69) is 37.9 Å². The summed E-state index contributed by atoms with van der Waals surface area (Å²) >= 11 is 0. The van der Waals surface area contributed by atoms with E-state index in [1.54, 1.807) is 7.11 Å². The Kier molecular flexibility index (Phi) is 8.08. The van der Waals surface area contributed by atoms with Gasteiger partial charge in [-0.25, -0.2) is 0 Å². The SMILES string of the molecule is CCC1(CC)CN(CCCCCOC)C(C(C)C)CN1. The lowest BCUT2D eigenvalue weighted by molar-refractivity contribution is 0.0487. The van der Waals surface area contributed by atoms with Crippen LogP contribution in [0.25, 0.3) is 0 Å². The summed E-state index contributed by atoms with van der Waals surface area (Å²) in [5.41, 5.74) is 0.345. The Morgan fingerprint density at radius 2 is 1.90 bits per heavy atom. The quantitative estimate of drug-likeness (QED) is 0.658. The van der Waals surface area contributed by atoms with E-state index in [9.17, 15) is 0 Å². The fraction of sp³-hybridized carbons (Fsp3) is 1.00. The van der Waals surface area contributed by atoms with Crippen molar-refractivity contribution in [3.63, 3.8) is 0 Å². The molecular formula is C17H36N2O. The summed E-state index contributed by atoms with van der Waals surface area (Å²) in [6, 6.07) is 0.698. The van der Waals surface area contributed by atoms with Gasteiger partial charge in [0.05, 0.1) is 0 Å². The summed E-state index contributed by atoms with van der Waals surface area (Å²) in [5.74, 6) is 0.730. The maximum absolute atomic E-state index is 5.14. The Bertz CT molecular complexity index is 251. The van der Waals surface area contributed by atoms with E-state index in [0.29, 0.717) is 11.6 Å². The van der Waals surface area contributed by atoms with Crippen LogP contribution in [0, 0.1) is 5.92 Å². The molecule has 1 fully saturated rings. The molecule has 1 heterocycles. The number of hydrogen-bond donors (Lipinski definition) is 1. The van der Waals surface area contributed by atoms with E-state index in [0.717, 1.165) is 19.1 Å². The zero-order chi connectivity index (χ0) is 15.0. The van der Waals surface area contributed by atoms with Crippen molar-refractivity contribution in [2.24, 2.45) is 5.92 Å². The Morgan fingerprint density at radius 1 is 1.20 bits per heavy atom. The van der Waals surface area contributed by atoms with Gasteiger partial charge in [-0.1, -0.05) is 27.7 Å². The molecule has 0 aromatic rings. The van der Waals surface area contributed by atoms with Crippen molar-refractivity contribution in [2.75, 3.05) is 33.4 Å². The summed E-state index contributed by atoms with van der Waals surface area (Å²) in [4.78, 5) is 2.75. The fourth-order valence-corrected chi connectivity index (χ4v) is 3.38. The summed E-state index contributed by atoms with van der Waals surface area (Å²) in [6.07, 6.45) is 6.24. The largest absolute Gasteiger partial charge is 0.385 e. The second-order valence-corrected chi connectivity index (χ2v) is 6.70. The second kappa shape index (κ2) is 9.01. The first-order chi connectivity index (χ1) is 9.58. The highest BCUT2D eigenvalue weighted by molar-refractivity contribution is 4.97. The number of nitrogens with one attached hydrogen (secondary N) is 1. The van der Waals surface area contributed by atoms with Crippen molar-refractivity contribution in [1.82, 2.24) is 10.2 Å². The first-order valence-electron chi connectivity index (χ1n) is 8.56. The van der Waals surface area contributed by atoms with E-state index >= 15 is 0 Å². The van der Waals surface area contributed by atoms with Crippen molar-refractivity contribution < 1.29 is 4.74 Å². The smallest absolute Gasteiger partial charge is 0.0462 e. The molecule has 1 aliphatic rings. The maximum atomic E-state index is 5.14. The van der Waals surface area contributed by atoms with Crippen LogP contribution in [0.1, 0.15) is 59.8 Å². The summed E-state index contributed by atoms with van der Waals surface area (Å²) in [7, 11) is 1.79. The highest BCUT2D eigenvalue weighted by Gasteiger charge is 2.37. The van der Waals surface area contributed by atoms with Crippen molar-refractivity contribution in [3.05, 3.63) is 0 Å². The van der Waals surface area contributed by atoms with Gasteiger partial charge >= 0.3 is 0 Å². The van der Waals surface area contributed by atoms with E-state index < -0.39 is 0 Å². The van der Waals surface area contributed by atoms with Crippen molar-refractivity contribution >= 4 is 0 Å². The molecule has 1 atom stereocenters. The Labute approximate surface area is 126 Å². The summed E-state index contributed by atoms with van der Waals surface area (Å²) in [6.45, 7) is 13.9. The lowest BCUT2D eigenvalue weighted by Gasteiger charge is -2.49. The van der Waals surface area contributed by atoms with Gasteiger partial charge in [0.2, 0.25) is 0 Å². The predicted octanol–water partition coefficient (Wildman–Crippen LogP) is 3.29. The molecule has 0 aliphatic carbocycles. The highest BCUT2D eigenvalue weighted by Crippen LogP contribution is 2.25. The molecule has 0 amide bonds. The number of hydrogen-bond acceptors (Lipinski definition) is 3. The van der Waals surface area contributed by atoms with E-state index in [1.807, 2.05) is 0 Å². The van der Waals surface area contributed by atoms with Gasteiger partial charge in [0.1, 0.15) is 0 Å². The molecule has 0 aromatic heterocycles. The zero-order valence-corrected chi connectivity index (χ0v) is 14.4. The summed E-state index contributed by atoms with van der Waals surface area (Å²) in [5, 5.41) is 3.84. The minimum absolute atomic E-state index is 0.345. The summed E-state index contributed by atoms with van der Waals surface area (Å²) < 4.78 is 5.14. The van der Waals surface area contributed by atoms with Gasteiger partial charge in [0, 0.05) is 38.4 Å². The topological polar surface area (TPSA) is 24.5 Å². The average molecular weight is 284 g/mol. The van der Waals surface area contributed by atoms with Crippen LogP contribution in [-0.2, 0) is 4.74 Å². The van der Waals surface area contributed by atoms with Crippen LogP contribution in [0.15, 0.2) is 0 Å². The van der Waals surface area contributed by atoms with Crippen LogP contribution < -0.4 is 5.32 Å².